The second-order valence-corrected chi connectivity index (χ2v) is 6.52. The molecule has 0 aromatic carbocycles. The van der Waals surface area contributed by atoms with Gasteiger partial charge < -0.3 is 5.73 Å². The number of rotatable bonds is 2. The topological polar surface area (TPSA) is 86.9 Å². The van der Waals surface area contributed by atoms with Crippen LogP contribution in [0.25, 0.3) is 15.5 Å². The normalized spacial score (nSPS) is 16.8. The molecule has 0 radical (unpaired) electrons. The van der Waals surface area contributed by atoms with E-state index >= 15 is 0 Å². The summed E-state index contributed by atoms with van der Waals surface area (Å²) < 4.78 is 3.54. The smallest absolute Gasteiger partial charge is 0.234 e. The number of hydrogen-bond donors (Lipinski definition) is 1. The summed E-state index contributed by atoms with van der Waals surface area (Å²) in [5.41, 5.74) is 6.89. The molecule has 0 amide bonds. The summed E-state index contributed by atoms with van der Waals surface area (Å²) in [4.78, 5) is 0.828. The molecule has 8 heteroatoms. The van der Waals surface area contributed by atoms with Crippen molar-refractivity contribution < 1.29 is 0 Å². The molecule has 4 rings (SSSR count). The first-order valence-electron chi connectivity index (χ1n) is 7.24. The predicted octanol–water partition coefficient (Wildman–Crippen LogP) is 2.22. The van der Waals surface area contributed by atoms with Crippen molar-refractivity contribution in [1.82, 2.24) is 29.6 Å². The molecular weight excluding hydrogens is 286 g/mol. The molecule has 7 nitrogen and oxygen atoms in total. The molecule has 0 atom stereocenters. The van der Waals surface area contributed by atoms with Crippen molar-refractivity contribution in [3.8, 4) is 10.6 Å². The number of aromatic nitrogens is 6. The van der Waals surface area contributed by atoms with Crippen LogP contribution in [0.4, 0.5) is 5.82 Å². The van der Waals surface area contributed by atoms with E-state index in [-0.39, 0.29) is 0 Å². The summed E-state index contributed by atoms with van der Waals surface area (Å²) >= 11 is 1.51. The van der Waals surface area contributed by atoms with E-state index in [1.165, 1.54) is 43.4 Å². The van der Waals surface area contributed by atoms with Gasteiger partial charge in [-0.3, -0.25) is 4.68 Å². The molecule has 0 bridgehead atoms. The Hall–Kier alpha value is -1.96. The van der Waals surface area contributed by atoms with Crippen LogP contribution in [0.1, 0.15) is 43.8 Å². The van der Waals surface area contributed by atoms with E-state index in [2.05, 4.69) is 20.4 Å². The van der Waals surface area contributed by atoms with Gasteiger partial charge in [0.1, 0.15) is 5.82 Å². The molecule has 110 valence electrons. The highest BCUT2D eigenvalue weighted by atomic mass is 32.1. The molecule has 0 spiro atoms. The maximum atomic E-state index is 6.03. The Morgan fingerprint density at radius 1 is 1.24 bits per heavy atom. The molecular formula is C13H17N7S. The summed E-state index contributed by atoms with van der Waals surface area (Å²) in [6.07, 6.45) is 7.98. The fraction of sp³-hybridized carbons (Fsp3) is 0.538. The van der Waals surface area contributed by atoms with Gasteiger partial charge in [0.05, 0.1) is 11.8 Å². The zero-order chi connectivity index (χ0) is 14.4. The SMILES string of the molecule is Cn1ncc(-c2nn3c(C4CCCCC4)nnc3s2)c1N. The van der Waals surface area contributed by atoms with Crippen LogP contribution in [0, 0.1) is 0 Å². The van der Waals surface area contributed by atoms with Crippen LogP contribution >= 0.6 is 11.3 Å². The van der Waals surface area contributed by atoms with E-state index in [0.29, 0.717) is 11.7 Å². The molecule has 0 unspecified atom stereocenters. The average molecular weight is 303 g/mol. The number of anilines is 1. The van der Waals surface area contributed by atoms with Gasteiger partial charge in [-0.25, -0.2) is 0 Å². The Labute approximate surface area is 125 Å². The lowest BCUT2D eigenvalue weighted by Gasteiger charge is -2.18. The Kier molecular flexibility index (Phi) is 2.91. The molecule has 21 heavy (non-hydrogen) atoms. The minimum atomic E-state index is 0.481. The first-order chi connectivity index (χ1) is 10.2. The molecule has 2 N–H and O–H groups in total. The zero-order valence-electron chi connectivity index (χ0n) is 11.9. The van der Waals surface area contributed by atoms with Gasteiger partial charge >= 0.3 is 0 Å². The van der Waals surface area contributed by atoms with Crippen molar-refractivity contribution in [1.29, 1.82) is 0 Å². The van der Waals surface area contributed by atoms with Crippen LogP contribution in [0.5, 0.6) is 0 Å². The summed E-state index contributed by atoms with van der Waals surface area (Å²) in [6.45, 7) is 0. The van der Waals surface area contributed by atoms with Crippen LogP contribution < -0.4 is 5.73 Å². The molecule has 1 fully saturated rings. The molecule has 3 aromatic rings. The number of nitrogens with two attached hydrogens (primary N) is 1. The quantitative estimate of drug-likeness (QED) is 0.784. The van der Waals surface area contributed by atoms with E-state index in [4.69, 9.17) is 5.73 Å². The van der Waals surface area contributed by atoms with Crippen molar-refractivity contribution in [2.24, 2.45) is 7.05 Å². The third-order valence-electron chi connectivity index (χ3n) is 4.20. The van der Waals surface area contributed by atoms with Gasteiger partial charge in [0, 0.05) is 13.0 Å². The lowest BCUT2D eigenvalue weighted by atomic mass is 9.89. The van der Waals surface area contributed by atoms with E-state index in [9.17, 15) is 0 Å². The average Bonchev–Trinajstić information content (AvgIpc) is 3.15. The molecule has 0 aliphatic heterocycles. The monoisotopic (exact) mass is 303 g/mol. The predicted molar refractivity (Wildman–Crippen MR) is 81.1 cm³/mol. The van der Waals surface area contributed by atoms with Crippen LogP contribution in [0.3, 0.4) is 0 Å². The summed E-state index contributed by atoms with van der Waals surface area (Å²) in [7, 11) is 1.83. The van der Waals surface area contributed by atoms with Crippen molar-refractivity contribution in [3.05, 3.63) is 12.0 Å². The second kappa shape index (κ2) is 4.80. The van der Waals surface area contributed by atoms with Crippen LogP contribution in [0.2, 0.25) is 0 Å². The molecule has 1 aliphatic rings. The highest BCUT2D eigenvalue weighted by molar-refractivity contribution is 7.19. The highest BCUT2D eigenvalue weighted by Gasteiger charge is 2.23. The molecule has 3 heterocycles. The largest absolute Gasteiger partial charge is 0.383 e. The summed E-state index contributed by atoms with van der Waals surface area (Å²) in [5, 5.41) is 18.3. The maximum absolute atomic E-state index is 6.03. The Bertz CT molecular complexity index is 778. The number of aryl methyl sites for hydroxylation is 1. The first kappa shape index (κ1) is 12.8. The number of hydrogen-bond acceptors (Lipinski definition) is 6. The second-order valence-electron chi connectivity index (χ2n) is 5.56. The van der Waals surface area contributed by atoms with Crippen LogP contribution in [-0.2, 0) is 7.05 Å². The first-order valence-corrected chi connectivity index (χ1v) is 8.05. The van der Waals surface area contributed by atoms with Gasteiger partial charge in [-0.15, -0.1) is 10.2 Å². The molecule has 1 saturated carbocycles. The maximum Gasteiger partial charge on any atom is 0.234 e. The van der Waals surface area contributed by atoms with Crippen molar-refractivity contribution in [3.63, 3.8) is 0 Å². The Morgan fingerprint density at radius 3 is 2.76 bits per heavy atom. The Morgan fingerprint density at radius 2 is 2.05 bits per heavy atom. The lowest BCUT2D eigenvalue weighted by Crippen LogP contribution is -2.09. The minimum Gasteiger partial charge on any atom is -0.383 e. The summed E-state index contributed by atoms with van der Waals surface area (Å²) in [6, 6.07) is 0. The van der Waals surface area contributed by atoms with Gasteiger partial charge in [-0.05, 0) is 12.8 Å². The van der Waals surface area contributed by atoms with Gasteiger partial charge in [-0.1, -0.05) is 30.6 Å². The number of nitrogens with zero attached hydrogens (tertiary/aromatic N) is 6. The van der Waals surface area contributed by atoms with E-state index < -0.39 is 0 Å². The van der Waals surface area contributed by atoms with Crippen molar-refractivity contribution in [2.45, 2.75) is 38.0 Å². The number of fused-ring (bicyclic) bond motifs is 1. The third kappa shape index (κ3) is 2.01. The van der Waals surface area contributed by atoms with Gasteiger partial charge in [0.25, 0.3) is 0 Å². The van der Waals surface area contributed by atoms with Crippen molar-refractivity contribution >= 4 is 22.1 Å². The minimum absolute atomic E-state index is 0.481. The molecule has 1 aliphatic carbocycles. The highest BCUT2D eigenvalue weighted by Crippen LogP contribution is 2.34. The molecule has 3 aromatic heterocycles. The van der Waals surface area contributed by atoms with E-state index in [0.717, 1.165) is 21.4 Å². The van der Waals surface area contributed by atoms with E-state index in [1.807, 2.05) is 11.6 Å². The van der Waals surface area contributed by atoms with E-state index in [1.54, 1.807) is 10.9 Å². The Balaban J connectivity index is 1.77. The van der Waals surface area contributed by atoms with Gasteiger partial charge in [0.2, 0.25) is 4.96 Å². The fourth-order valence-corrected chi connectivity index (χ4v) is 3.83. The van der Waals surface area contributed by atoms with Crippen molar-refractivity contribution in [2.75, 3.05) is 5.73 Å². The van der Waals surface area contributed by atoms with Gasteiger partial charge in [-0.2, -0.15) is 14.7 Å². The number of nitrogen functional groups attached to an aromatic ring is 1. The van der Waals surface area contributed by atoms with Crippen LogP contribution in [-0.4, -0.2) is 29.6 Å². The molecule has 0 saturated heterocycles. The fourth-order valence-electron chi connectivity index (χ4n) is 2.97. The van der Waals surface area contributed by atoms with Gasteiger partial charge in [0.15, 0.2) is 10.8 Å². The summed E-state index contributed by atoms with van der Waals surface area (Å²) in [5.74, 6) is 2.10. The van der Waals surface area contributed by atoms with Crippen LogP contribution in [0.15, 0.2) is 6.20 Å². The lowest BCUT2D eigenvalue weighted by molar-refractivity contribution is 0.423. The zero-order valence-corrected chi connectivity index (χ0v) is 12.7. The standard InChI is InChI=1S/C13H17N7S/c1-19-10(14)9(7-15-19)12-18-20-11(16-17-13(20)21-12)8-5-3-2-4-6-8/h7-8H,2-6,14H2,1H3. The third-order valence-corrected chi connectivity index (χ3v) is 5.13.